The number of methoxy groups -OCH3 is 2. The molecule has 4 atom stereocenters. The number of hydrogen-bond donors (Lipinski definition) is 3. The summed E-state index contributed by atoms with van der Waals surface area (Å²) in [5.74, 6) is -0.941. The first-order chi connectivity index (χ1) is 26.8. The Balaban J connectivity index is 1.69. The monoisotopic (exact) mass is 813 g/mol. The van der Waals surface area contributed by atoms with Crippen LogP contribution in [-0.4, -0.2) is 80.2 Å². The zero-order valence-electron chi connectivity index (χ0n) is 33.0. The van der Waals surface area contributed by atoms with Gasteiger partial charge >= 0.3 is 17.8 Å². The van der Waals surface area contributed by atoms with Crippen molar-refractivity contribution in [2.45, 2.75) is 87.6 Å². The number of rotatable bonds is 15. The number of hydrogen-bond acceptors (Lipinski definition) is 9. The zero-order valence-corrected chi connectivity index (χ0v) is 34.0. The highest BCUT2D eigenvalue weighted by Gasteiger charge is 2.59. The molecule has 3 aromatic carbocycles. The average Bonchev–Trinajstić information content (AvgIpc) is 3.43. The van der Waals surface area contributed by atoms with Crippen LogP contribution in [0.15, 0.2) is 101 Å². The summed E-state index contributed by atoms with van der Waals surface area (Å²) in [7, 11) is 0.334. The molecule has 5 rings (SSSR count). The van der Waals surface area contributed by atoms with Gasteiger partial charge in [-0.1, -0.05) is 75.4 Å². The maximum atomic E-state index is 13.4. The van der Waals surface area contributed by atoms with E-state index in [0.29, 0.717) is 28.2 Å². The zero-order chi connectivity index (χ0) is 41.8. The molecule has 1 aliphatic rings. The van der Waals surface area contributed by atoms with Crippen LogP contribution in [0.25, 0.3) is 0 Å². The van der Waals surface area contributed by atoms with E-state index < -0.39 is 74.4 Å². The van der Waals surface area contributed by atoms with Gasteiger partial charge in [0, 0.05) is 18.8 Å². The van der Waals surface area contributed by atoms with Crippen molar-refractivity contribution in [2.75, 3.05) is 27.4 Å². The first-order valence-electron chi connectivity index (χ1n) is 18.5. The van der Waals surface area contributed by atoms with Crippen molar-refractivity contribution < 1.29 is 46.4 Å². The van der Waals surface area contributed by atoms with Crippen LogP contribution in [0.5, 0.6) is 11.5 Å². The van der Waals surface area contributed by atoms with Gasteiger partial charge in [-0.3, -0.25) is 19.1 Å². The Kier molecular flexibility index (Phi) is 12.9. The molecule has 16 heteroatoms. The van der Waals surface area contributed by atoms with Crippen LogP contribution in [0.1, 0.15) is 56.5 Å². The lowest BCUT2D eigenvalue weighted by Gasteiger charge is -2.42. The molecule has 1 aliphatic heterocycles. The second-order valence-corrected chi connectivity index (χ2v) is 20.3. The number of nitrogens with one attached hydrogen (secondary N) is 2. The smallest absolute Gasteiger partial charge is 0.471 e. The minimum atomic E-state index is -5.10. The van der Waals surface area contributed by atoms with E-state index in [1.54, 1.807) is 38.5 Å². The number of alkyl halides is 3. The highest BCUT2D eigenvalue weighted by Crippen LogP contribution is 2.49. The van der Waals surface area contributed by atoms with Crippen LogP contribution in [0, 0.1) is 0 Å². The number of aliphatic hydroxyl groups is 1. The molecule has 12 nitrogen and oxygen atoms in total. The third-order valence-electron chi connectivity index (χ3n) is 10.9. The van der Waals surface area contributed by atoms with Crippen LogP contribution < -0.4 is 26.0 Å². The second kappa shape index (κ2) is 17.0. The molecule has 0 unspecified atom stereocenters. The minimum absolute atomic E-state index is 0.105. The second-order valence-electron chi connectivity index (χ2n) is 15.5. The Bertz CT molecular complexity index is 2040. The number of amides is 1. The lowest BCUT2D eigenvalue weighted by molar-refractivity contribution is -0.174. The molecular weight excluding hydrogens is 764 g/mol. The topological polar surface area (TPSA) is 150 Å². The highest BCUT2D eigenvalue weighted by atomic mass is 28.4. The Labute approximate surface area is 330 Å². The third-order valence-corrected chi connectivity index (χ3v) is 15.3. The first kappa shape index (κ1) is 43.4. The summed E-state index contributed by atoms with van der Waals surface area (Å²) in [5.41, 5.74) is -2.67. The molecule has 57 heavy (non-hydrogen) atoms. The summed E-state index contributed by atoms with van der Waals surface area (Å²) < 4.78 is 72.3. The van der Waals surface area contributed by atoms with Gasteiger partial charge in [0.05, 0.1) is 20.8 Å². The van der Waals surface area contributed by atoms with E-state index in [4.69, 9.17) is 23.4 Å². The Morgan fingerprint density at radius 3 is 1.93 bits per heavy atom. The molecule has 1 aromatic heterocycles. The van der Waals surface area contributed by atoms with Crippen LogP contribution in [0.3, 0.4) is 0 Å². The molecule has 1 fully saturated rings. The fraction of sp³-hybridized carbons (Fsp3) is 0.439. The molecular formula is C41H50F3N3O9Si. The molecule has 1 saturated heterocycles. The lowest BCUT2D eigenvalue weighted by atomic mass is 9.79. The number of aromatic amines is 1. The van der Waals surface area contributed by atoms with Gasteiger partial charge in [0.1, 0.15) is 34.9 Å². The van der Waals surface area contributed by atoms with Gasteiger partial charge in [-0.2, -0.15) is 13.2 Å². The molecule has 3 N–H and O–H groups in total. The van der Waals surface area contributed by atoms with Crippen molar-refractivity contribution in [3.63, 3.8) is 0 Å². The molecule has 0 saturated carbocycles. The van der Waals surface area contributed by atoms with Gasteiger partial charge in [0.2, 0.25) is 0 Å². The summed E-state index contributed by atoms with van der Waals surface area (Å²) in [4.78, 5) is 39.5. The maximum Gasteiger partial charge on any atom is 0.471 e. The van der Waals surface area contributed by atoms with E-state index in [1.807, 2.05) is 93.8 Å². The molecule has 2 heterocycles. The average molecular weight is 814 g/mol. The summed E-state index contributed by atoms with van der Waals surface area (Å²) in [6, 6.07) is 24.9. The number of carbonyl (C=O) groups is 1. The van der Waals surface area contributed by atoms with Crippen molar-refractivity contribution in [3.05, 3.63) is 129 Å². The van der Waals surface area contributed by atoms with Gasteiger partial charge in [0.15, 0.2) is 14.5 Å². The number of carbonyl (C=O) groups excluding carboxylic acids is 1. The number of benzene rings is 3. The molecule has 0 aliphatic carbocycles. The van der Waals surface area contributed by atoms with Crippen molar-refractivity contribution in [3.8, 4) is 11.5 Å². The van der Waals surface area contributed by atoms with Crippen LogP contribution in [-0.2, 0) is 24.3 Å². The summed E-state index contributed by atoms with van der Waals surface area (Å²) in [5, 5.41) is 14.1. The predicted octanol–water partition coefficient (Wildman–Crippen LogP) is 6.04. The SMILES string of the molecule is COc1ccc(C(OC[C@@]2(CCCNC(=O)C(F)(F)F)O[C@@H](n3ccc(=O)[nH]c3=O)[C@H](O[Si](C)(C)C(C)(C)C)[C@@H]2O)(c2ccccc2)c2ccc(OC)cc2)cc1. The van der Waals surface area contributed by atoms with Gasteiger partial charge in [-0.05, 0) is 71.9 Å². The molecule has 1 amide bonds. The van der Waals surface area contributed by atoms with E-state index in [2.05, 4.69) is 4.98 Å². The summed E-state index contributed by atoms with van der Waals surface area (Å²) in [6.07, 6.45) is -8.20. The van der Waals surface area contributed by atoms with Crippen molar-refractivity contribution in [1.82, 2.24) is 14.9 Å². The number of aromatic nitrogens is 2. The van der Waals surface area contributed by atoms with E-state index in [9.17, 15) is 32.7 Å². The van der Waals surface area contributed by atoms with Crippen LogP contribution in [0.2, 0.25) is 18.1 Å². The normalized spacial score (nSPS) is 20.3. The summed E-state index contributed by atoms with van der Waals surface area (Å²) >= 11 is 0. The van der Waals surface area contributed by atoms with Crippen LogP contribution >= 0.6 is 0 Å². The highest BCUT2D eigenvalue weighted by molar-refractivity contribution is 6.74. The largest absolute Gasteiger partial charge is 0.497 e. The Hall–Kier alpha value is -4.74. The molecule has 0 bridgehead atoms. The van der Waals surface area contributed by atoms with E-state index in [0.717, 1.165) is 10.6 Å². The number of H-pyrrole nitrogens is 1. The van der Waals surface area contributed by atoms with Crippen LogP contribution in [0.4, 0.5) is 13.2 Å². The number of halogens is 3. The Morgan fingerprint density at radius 2 is 1.44 bits per heavy atom. The molecule has 0 spiro atoms. The van der Waals surface area contributed by atoms with E-state index in [-0.39, 0.29) is 17.9 Å². The lowest BCUT2D eigenvalue weighted by Crippen LogP contribution is -2.53. The standard InChI is InChI=1S/C41H50F3N3O9Si/c1-38(2,3)57(6,7)56-33-34(49)39(23-11-24-45-36(50)41(42,43)44,55-35(33)47-25-22-32(48)46-37(47)51)26-54-40(27-12-9-8-10-13-27,28-14-18-30(52-4)19-15-28)29-16-20-31(53-5)21-17-29/h8-10,12-22,25,33-35,49H,11,23-24,26H2,1-7H3,(H,45,50)(H,46,48,51)/t33-,34+,35-,39-/m1/s1. The summed E-state index contributed by atoms with van der Waals surface area (Å²) in [6.45, 7) is 9.10. The number of nitrogens with zero attached hydrogens (tertiary/aromatic N) is 1. The minimum Gasteiger partial charge on any atom is -0.497 e. The van der Waals surface area contributed by atoms with Gasteiger partial charge in [-0.25, -0.2) is 4.79 Å². The third kappa shape index (κ3) is 9.20. The van der Waals surface area contributed by atoms with Crippen molar-refractivity contribution in [1.29, 1.82) is 0 Å². The van der Waals surface area contributed by atoms with Gasteiger partial charge < -0.3 is 33.8 Å². The quantitative estimate of drug-likeness (QED) is 0.0742. The van der Waals surface area contributed by atoms with E-state index >= 15 is 0 Å². The van der Waals surface area contributed by atoms with Gasteiger partial charge in [0.25, 0.3) is 5.56 Å². The first-order valence-corrected chi connectivity index (χ1v) is 21.4. The fourth-order valence-electron chi connectivity index (χ4n) is 6.71. The van der Waals surface area contributed by atoms with E-state index in [1.165, 1.54) is 6.20 Å². The molecule has 308 valence electrons. The number of ether oxygens (including phenoxy) is 4. The fourth-order valence-corrected chi connectivity index (χ4v) is 7.99. The van der Waals surface area contributed by atoms with Gasteiger partial charge in [-0.15, -0.1) is 0 Å². The molecule has 0 radical (unpaired) electrons. The molecule has 4 aromatic rings. The maximum absolute atomic E-state index is 13.4. The van der Waals surface area contributed by atoms with Crippen molar-refractivity contribution in [2.24, 2.45) is 0 Å². The number of aliphatic hydroxyl groups excluding tert-OH is 1. The predicted molar refractivity (Wildman–Crippen MR) is 209 cm³/mol. The Morgan fingerprint density at radius 1 is 0.895 bits per heavy atom. The van der Waals surface area contributed by atoms with Crippen molar-refractivity contribution >= 4 is 14.2 Å².